The molecule has 0 unspecified atom stereocenters. The zero-order valence-corrected chi connectivity index (χ0v) is 12.2. The molecule has 0 saturated heterocycles. The van der Waals surface area contributed by atoms with Gasteiger partial charge in [0.25, 0.3) is 0 Å². The molecular weight excluding hydrogens is 236 g/mol. The number of hydrogen-bond acceptors (Lipinski definition) is 2. The molecule has 0 spiro atoms. The quantitative estimate of drug-likeness (QED) is 0.672. The summed E-state index contributed by atoms with van der Waals surface area (Å²) >= 11 is 0. The minimum atomic E-state index is 0.146. The number of amides is 1. The summed E-state index contributed by atoms with van der Waals surface area (Å²) in [6.07, 6.45) is 4.01. The average molecular weight is 262 g/mol. The molecule has 3 nitrogen and oxygen atoms in total. The number of unbranched alkanes of at least 4 members (excludes halogenated alkanes) is 2. The molecule has 2 N–H and O–H groups in total. The first-order valence-electron chi connectivity index (χ1n) is 7.25. The predicted octanol–water partition coefficient (Wildman–Crippen LogP) is 2.78. The van der Waals surface area contributed by atoms with Gasteiger partial charge < -0.3 is 10.6 Å². The lowest BCUT2D eigenvalue weighted by Gasteiger charge is -2.06. The van der Waals surface area contributed by atoms with Crippen LogP contribution in [0.5, 0.6) is 0 Å². The standard InChI is InChI=1S/C16H26N2O/c1-3-4-5-11-18-16(19)10-12-17-13-15-8-6-14(2)7-9-15/h6-9,17H,3-5,10-13H2,1-2H3,(H,18,19). The summed E-state index contributed by atoms with van der Waals surface area (Å²) < 4.78 is 0. The fourth-order valence-corrected chi connectivity index (χ4v) is 1.83. The van der Waals surface area contributed by atoms with Crippen LogP contribution in [-0.2, 0) is 11.3 Å². The van der Waals surface area contributed by atoms with Gasteiger partial charge in [0, 0.05) is 26.1 Å². The van der Waals surface area contributed by atoms with E-state index < -0.39 is 0 Å². The third-order valence-electron chi connectivity index (χ3n) is 3.08. The molecule has 0 aromatic heterocycles. The van der Waals surface area contributed by atoms with E-state index in [9.17, 15) is 4.79 Å². The van der Waals surface area contributed by atoms with Gasteiger partial charge in [-0.3, -0.25) is 4.79 Å². The van der Waals surface area contributed by atoms with Crippen molar-refractivity contribution in [3.63, 3.8) is 0 Å². The number of hydrogen-bond donors (Lipinski definition) is 2. The number of aryl methyl sites for hydroxylation is 1. The molecule has 0 aliphatic carbocycles. The molecule has 19 heavy (non-hydrogen) atoms. The third-order valence-corrected chi connectivity index (χ3v) is 3.08. The third kappa shape index (κ3) is 7.62. The van der Waals surface area contributed by atoms with Gasteiger partial charge in [0.05, 0.1) is 0 Å². The van der Waals surface area contributed by atoms with E-state index in [1.807, 2.05) is 0 Å². The van der Waals surface area contributed by atoms with Crippen molar-refractivity contribution < 1.29 is 4.79 Å². The average Bonchev–Trinajstić information content (AvgIpc) is 2.42. The lowest BCUT2D eigenvalue weighted by Crippen LogP contribution is -2.28. The molecule has 3 heteroatoms. The molecule has 0 fully saturated rings. The summed E-state index contributed by atoms with van der Waals surface area (Å²) in [6, 6.07) is 8.45. The van der Waals surface area contributed by atoms with Crippen molar-refractivity contribution in [2.75, 3.05) is 13.1 Å². The molecule has 0 saturated carbocycles. The maximum Gasteiger partial charge on any atom is 0.221 e. The minimum absolute atomic E-state index is 0.146. The first-order chi connectivity index (χ1) is 9.22. The monoisotopic (exact) mass is 262 g/mol. The van der Waals surface area contributed by atoms with Crippen molar-refractivity contribution in [2.45, 2.75) is 46.1 Å². The summed E-state index contributed by atoms with van der Waals surface area (Å²) in [5.74, 6) is 0.146. The predicted molar refractivity (Wildman–Crippen MR) is 80.0 cm³/mol. The Kier molecular flexibility index (Phi) is 7.91. The second-order valence-electron chi connectivity index (χ2n) is 4.97. The van der Waals surface area contributed by atoms with Crippen LogP contribution in [0.3, 0.4) is 0 Å². The van der Waals surface area contributed by atoms with Gasteiger partial charge in [0.1, 0.15) is 0 Å². The maximum absolute atomic E-state index is 11.5. The Bertz CT molecular complexity index is 360. The molecule has 0 atom stereocenters. The van der Waals surface area contributed by atoms with Crippen molar-refractivity contribution in [3.05, 3.63) is 35.4 Å². The second kappa shape index (κ2) is 9.56. The summed E-state index contributed by atoms with van der Waals surface area (Å²) in [4.78, 5) is 11.5. The minimum Gasteiger partial charge on any atom is -0.356 e. The van der Waals surface area contributed by atoms with E-state index in [-0.39, 0.29) is 5.91 Å². The van der Waals surface area contributed by atoms with Crippen LogP contribution >= 0.6 is 0 Å². The van der Waals surface area contributed by atoms with Crippen LogP contribution < -0.4 is 10.6 Å². The van der Waals surface area contributed by atoms with E-state index >= 15 is 0 Å². The van der Waals surface area contributed by atoms with Gasteiger partial charge in [-0.25, -0.2) is 0 Å². The molecule has 0 bridgehead atoms. The molecule has 1 aromatic carbocycles. The number of carbonyl (C=O) groups is 1. The van der Waals surface area contributed by atoms with Crippen molar-refractivity contribution in [2.24, 2.45) is 0 Å². The Balaban J connectivity index is 2.03. The van der Waals surface area contributed by atoms with Crippen molar-refractivity contribution in [1.82, 2.24) is 10.6 Å². The van der Waals surface area contributed by atoms with Gasteiger partial charge in [-0.15, -0.1) is 0 Å². The Morgan fingerprint density at radius 3 is 2.53 bits per heavy atom. The molecule has 106 valence electrons. The Labute approximate surface area is 116 Å². The lowest BCUT2D eigenvalue weighted by molar-refractivity contribution is -0.121. The molecule has 0 aliphatic heterocycles. The fourth-order valence-electron chi connectivity index (χ4n) is 1.83. The Hall–Kier alpha value is -1.35. The van der Waals surface area contributed by atoms with E-state index in [1.54, 1.807) is 0 Å². The van der Waals surface area contributed by atoms with Crippen LogP contribution in [0.1, 0.15) is 43.7 Å². The van der Waals surface area contributed by atoms with Crippen LogP contribution in [0.4, 0.5) is 0 Å². The van der Waals surface area contributed by atoms with Gasteiger partial charge in [-0.1, -0.05) is 49.6 Å². The molecule has 0 aliphatic rings. The van der Waals surface area contributed by atoms with Crippen LogP contribution in [0.15, 0.2) is 24.3 Å². The smallest absolute Gasteiger partial charge is 0.221 e. The van der Waals surface area contributed by atoms with Crippen molar-refractivity contribution >= 4 is 5.91 Å². The van der Waals surface area contributed by atoms with Crippen LogP contribution in [0.25, 0.3) is 0 Å². The largest absolute Gasteiger partial charge is 0.356 e. The van der Waals surface area contributed by atoms with Gasteiger partial charge in [0.15, 0.2) is 0 Å². The highest BCUT2D eigenvalue weighted by atomic mass is 16.1. The topological polar surface area (TPSA) is 41.1 Å². The van der Waals surface area contributed by atoms with E-state index in [1.165, 1.54) is 24.0 Å². The molecule has 0 radical (unpaired) electrons. The molecule has 1 amide bonds. The van der Waals surface area contributed by atoms with E-state index in [2.05, 4.69) is 48.7 Å². The fraction of sp³-hybridized carbons (Fsp3) is 0.562. The van der Waals surface area contributed by atoms with Gasteiger partial charge >= 0.3 is 0 Å². The SMILES string of the molecule is CCCCCNC(=O)CCNCc1ccc(C)cc1. The number of carbonyl (C=O) groups excluding carboxylic acids is 1. The van der Waals surface area contributed by atoms with Gasteiger partial charge in [-0.2, -0.15) is 0 Å². The second-order valence-corrected chi connectivity index (χ2v) is 4.97. The molecule has 1 rings (SSSR count). The number of nitrogens with one attached hydrogen (secondary N) is 2. The van der Waals surface area contributed by atoms with Crippen molar-refractivity contribution in [3.8, 4) is 0 Å². The molecular formula is C16H26N2O. The summed E-state index contributed by atoms with van der Waals surface area (Å²) in [5, 5.41) is 6.24. The van der Waals surface area contributed by atoms with E-state index in [0.29, 0.717) is 6.42 Å². The van der Waals surface area contributed by atoms with Crippen LogP contribution in [0, 0.1) is 6.92 Å². The van der Waals surface area contributed by atoms with Gasteiger partial charge in [-0.05, 0) is 18.9 Å². The Morgan fingerprint density at radius 2 is 1.84 bits per heavy atom. The Morgan fingerprint density at radius 1 is 1.11 bits per heavy atom. The maximum atomic E-state index is 11.5. The van der Waals surface area contributed by atoms with E-state index in [4.69, 9.17) is 0 Å². The number of rotatable bonds is 9. The van der Waals surface area contributed by atoms with Crippen LogP contribution in [-0.4, -0.2) is 19.0 Å². The highest BCUT2D eigenvalue weighted by molar-refractivity contribution is 5.75. The summed E-state index contributed by atoms with van der Waals surface area (Å²) in [5.41, 5.74) is 2.53. The first-order valence-corrected chi connectivity index (χ1v) is 7.25. The molecule has 1 aromatic rings. The summed E-state index contributed by atoms with van der Waals surface area (Å²) in [6.45, 7) is 6.61. The highest BCUT2D eigenvalue weighted by Crippen LogP contribution is 2.02. The van der Waals surface area contributed by atoms with E-state index in [0.717, 1.165) is 26.1 Å². The van der Waals surface area contributed by atoms with Crippen molar-refractivity contribution in [1.29, 1.82) is 0 Å². The van der Waals surface area contributed by atoms with Crippen LogP contribution in [0.2, 0.25) is 0 Å². The van der Waals surface area contributed by atoms with Gasteiger partial charge in [0.2, 0.25) is 5.91 Å². The first kappa shape index (κ1) is 15.7. The zero-order chi connectivity index (χ0) is 13.9. The zero-order valence-electron chi connectivity index (χ0n) is 12.2. The summed E-state index contributed by atoms with van der Waals surface area (Å²) in [7, 11) is 0. The highest BCUT2D eigenvalue weighted by Gasteiger charge is 1.99. The lowest BCUT2D eigenvalue weighted by atomic mass is 10.1. The number of benzene rings is 1. The normalized spacial score (nSPS) is 10.4. The molecule has 0 heterocycles.